The Hall–Kier alpha value is -2.26. The molecule has 22 heavy (non-hydrogen) atoms. The maximum atomic E-state index is 13.2. The molecule has 0 spiro atoms. The molecular formula is C12H8F6O4. The average molecular weight is 330 g/mol. The van der Waals surface area contributed by atoms with Crippen LogP contribution in [0.2, 0.25) is 0 Å². The van der Waals surface area contributed by atoms with E-state index in [1.807, 2.05) is 0 Å². The van der Waals surface area contributed by atoms with Gasteiger partial charge in [0.2, 0.25) is 0 Å². The summed E-state index contributed by atoms with van der Waals surface area (Å²) in [6.45, 7) is -0.462. The van der Waals surface area contributed by atoms with E-state index in [-0.39, 0.29) is 5.56 Å². The lowest BCUT2D eigenvalue weighted by Crippen LogP contribution is -2.57. The SMILES string of the molecule is CC(F)(F)C(F)(F)C(F)(F)C(=O)Oc1ccc(C(=O)O)cc1. The van der Waals surface area contributed by atoms with Crippen LogP contribution in [0.15, 0.2) is 24.3 Å². The molecule has 0 aliphatic carbocycles. The van der Waals surface area contributed by atoms with Crippen LogP contribution < -0.4 is 4.74 Å². The quantitative estimate of drug-likeness (QED) is 0.511. The van der Waals surface area contributed by atoms with Crippen molar-refractivity contribution < 1.29 is 45.8 Å². The Labute approximate surface area is 119 Å². The molecule has 0 radical (unpaired) electrons. The molecule has 10 heteroatoms. The van der Waals surface area contributed by atoms with Crippen molar-refractivity contribution in [2.75, 3.05) is 0 Å². The summed E-state index contributed by atoms with van der Waals surface area (Å²) in [5.41, 5.74) is -0.294. The molecule has 0 fully saturated rings. The molecule has 0 bridgehead atoms. The molecule has 1 N–H and O–H groups in total. The molecule has 1 aromatic rings. The summed E-state index contributed by atoms with van der Waals surface area (Å²) in [4.78, 5) is 21.6. The van der Waals surface area contributed by atoms with Gasteiger partial charge in [-0.1, -0.05) is 0 Å². The lowest BCUT2D eigenvalue weighted by molar-refractivity contribution is -0.296. The molecule has 4 nitrogen and oxygen atoms in total. The van der Waals surface area contributed by atoms with Gasteiger partial charge in [0.25, 0.3) is 0 Å². The van der Waals surface area contributed by atoms with Crippen molar-refractivity contribution in [3.8, 4) is 5.75 Å². The van der Waals surface area contributed by atoms with Crippen LogP contribution in [0.1, 0.15) is 17.3 Å². The third kappa shape index (κ3) is 3.15. The molecule has 0 aliphatic rings. The first kappa shape index (κ1) is 17.8. The Bertz CT molecular complexity index is 576. The molecule has 1 rings (SSSR count). The topological polar surface area (TPSA) is 63.6 Å². The van der Waals surface area contributed by atoms with Crippen LogP contribution in [0.3, 0.4) is 0 Å². The number of rotatable bonds is 5. The van der Waals surface area contributed by atoms with E-state index in [1.165, 1.54) is 0 Å². The Morgan fingerprint density at radius 2 is 1.45 bits per heavy atom. The molecule has 0 amide bonds. The minimum Gasteiger partial charge on any atom is -0.478 e. The number of esters is 1. The summed E-state index contributed by atoms with van der Waals surface area (Å²) in [6.07, 6.45) is 0. The second-order valence-corrected chi connectivity index (χ2v) is 4.26. The second-order valence-electron chi connectivity index (χ2n) is 4.26. The minimum atomic E-state index is -5.96. The maximum Gasteiger partial charge on any atom is 0.411 e. The van der Waals surface area contributed by atoms with Gasteiger partial charge in [0.15, 0.2) is 0 Å². The van der Waals surface area contributed by atoms with Gasteiger partial charge < -0.3 is 9.84 Å². The van der Waals surface area contributed by atoms with E-state index in [0.717, 1.165) is 24.3 Å². The van der Waals surface area contributed by atoms with E-state index in [4.69, 9.17) is 5.11 Å². The Morgan fingerprint density at radius 3 is 1.82 bits per heavy atom. The van der Waals surface area contributed by atoms with Gasteiger partial charge in [0.05, 0.1) is 5.56 Å². The predicted octanol–water partition coefficient (Wildman–Crippen LogP) is 3.22. The third-order valence-electron chi connectivity index (χ3n) is 2.51. The van der Waals surface area contributed by atoms with E-state index >= 15 is 0 Å². The Morgan fingerprint density at radius 1 is 1.00 bits per heavy atom. The smallest absolute Gasteiger partial charge is 0.411 e. The van der Waals surface area contributed by atoms with E-state index in [2.05, 4.69) is 4.74 Å². The number of carboxylic acid groups (broad SMARTS) is 1. The Balaban J connectivity index is 2.98. The van der Waals surface area contributed by atoms with Crippen molar-refractivity contribution in [3.05, 3.63) is 29.8 Å². The number of alkyl halides is 6. The van der Waals surface area contributed by atoms with Crippen molar-refractivity contribution in [2.24, 2.45) is 0 Å². The lowest BCUT2D eigenvalue weighted by atomic mass is 10.1. The van der Waals surface area contributed by atoms with Crippen LogP contribution in [0.4, 0.5) is 26.3 Å². The molecule has 0 aromatic heterocycles. The monoisotopic (exact) mass is 330 g/mol. The number of carbonyl (C=O) groups is 2. The molecule has 0 atom stereocenters. The number of halogens is 6. The number of benzene rings is 1. The summed E-state index contributed by atoms with van der Waals surface area (Å²) in [6, 6.07) is 3.16. The standard InChI is InChI=1S/C12H8F6O4/c1-10(13,14)12(17,18)11(15,16)9(21)22-7-4-2-6(3-5-7)8(19)20/h2-5H,1H3,(H,19,20). The molecule has 0 unspecified atom stereocenters. The molecular weight excluding hydrogens is 322 g/mol. The highest BCUT2D eigenvalue weighted by atomic mass is 19.3. The molecule has 122 valence electrons. The van der Waals surface area contributed by atoms with Gasteiger partial charge in [-0.05, 0) is 24.3 Å². The highest BCUT2D eigenvalue weighted by Gasteiger charge is 2.74. The maximum absolute atomic E-state index is 13.2. The largest absolute Gasteiger partial charge is 0.478 e. The number of carbonyl (C=O) groups excluding carboxylic acids is 1. The summed E-state index contributed by atoms with van der Waals surface area (Å²) < 4.78 is 81.2. The fraction of sp³-hybridized carbons (Fsp3) is 0.333. The van der Waals surface area contributed by atoms with Crippen molar-refractivity contribution in [1.82, 2.24) is 0 Å². The molecule has 0 heterocycles. The van der Waals surface area contributed by atoms with E-state index in [0.29, 0.717) is 0 Å². The first-order valence-corrected chi connectivity index (χ1v) is 5.50. The Kier molecular flexibility index (Phi) is 4.45. The fourth-order valence-electron chi connectivity index (χ4n) is 1.24. The van der Waals surface area contributed by atoms with Gasteiger partial charge in [0.1, 0.15) is 5.75 Å². The molecule has 0 saturated heterocycles. The zero-order valence-corrected chi connectivity index (χ0v) is 10.7. The number of hydrogen-bond donors (Lipinski definition) is 1. The highest BCUT2D eigenvalue weighted by Crippen LogP contribution is 2.46. The van der Waals surface area contributed by atoms with Crippen molar-refractivity contribution >= 4 is 11.9 Å². The van der Waals surface area contributed by atoms with Crippen LogP contribution in [0, 0.1) is 0 Å². The normalized spacial score (nSPS) is 12.9. The average Bonchev–Trinajstić information content (AvgIpc) is 2.37. The van der Waals surface area contributed by atoms with Crippen molar-refractivity contribution in [1.29, 1.82) is 0 Å². The van der Waals surface area contributed by atoms with Gasteiger partial charge >= 0.3 is 29.7 Å². The van der Waals surface area contributed by atoms with Crippen LogP contribution in [0.5, 0.6) is 5.75 Å². The van der Waals surface area contributed by atoms with Gasteiger partial charge in [-0.2, -0.15) is 26.3 Å². The third-order valence-corrected chi connectivity index (χ3v) is 2.51. The predicted molar refractivity (Wildman–Crippen MR) is 59.6 cm³/mol. The summed E-state index contributed by atoms with van der Waals surface area (Å²) in [7, 11) is 0. The zero-order chi connectivity index (χ0) is 17.3. The first-order valence-electron chi connectivity index (χ1n) is 5.50. The highest BCUT2D eigenvalue weighted by molar-refractivity contribution is 5.88. The van der Waals surface area contributed by atoms with Gasteiger partial charge in [-0.3, -0.25) is 0 Å². The van der Waals surface area contributed by atoms with E-state index in [9.17, 15) is 35.9 Å². The summed E-state index contributed by atoms with van der Waals surface area (Å²) >= 11 is 0. The molecule has 1 aromatic carbocycles. The van der Waals surface area contributed by atoms with E-state index in [1.54, 1.807) is 0 Å². The van der Waals surface area contributed by atoms with Crippen LogP contribution in [-0.4, -0.2) is 34.8 Å². The molecule has 0 aliphatic heterocycles. The lowest BCUT2D eigenvalue weighted by Gasteiger charge is -2.28. The fourth-order valence-corrected chi connectivity index (χ4v) is 1.24. The van der Waals surface area contributed by atoms with Crippen LogP contribution in [-0.2, 0) is 4.79 Å². The zero-order valence-electron chi connectivity index (χ0n) is 10.7. The number of carboxylic acids is 1. The summed E-state index contributed by atoms with van der Waals surface area (Å²) in [5, 5.41) is 8.57. The van der Waals surface area contributed by atoms with Crippen LogP contribution >= 0.6 is 0 Å². The number of hydrogen-bond acceptors (Lipinski definition) is 3. The minimum absolute atomic E-state index is 0.294. The van der Waals surface area contributed by atoms with Gasteiger partial charge in [-0.25, -0.2) is 9.59 Å². The van der Waals surface area contributed by atoms with Gasteiger partial charge in [-0.15, -0.1) is 0 Å². The van der Waals surface area contributed by atoms with Gasteiger partial charge in [0, 0.05) is 6.92 Å². The second kappa shape index (κ2) is 5.50. The number of ether oxygens (including phenoxy) is 1. The van der Waals surface area contributed by atoms with E-state index < -0.39 is 42.4 Å². The first-order chi connectivity index (χ1) is 9.80. The van der Waals surface area contributed by atoms with Crippen molar-refractivity contribution in [3.63, 3.8) is 0 Å². The summed E-state index contributed by atoms with van der Waals surface area (Å²) in [5.74, 6) is -21.9. The van der Waals surface area contributed by atoms with Crippen LogP contribution in [0.25, 0.3) is 0 Å². The molecule has 0 saturated carbocycles. The van der Waals surface area contributed by atoms with Crippen molar-refractivity contribution in [2.45, 2.75) is 24.7 Å². The number of aromatic carboxylic acids is 1.